The number of carbonyl (C=O) groups is 1. The number of ether oxygens (including phenoxy) is 1. The molecule has 0 aliphatic heterocycles. The van der Waals surface area contributed by atoms with Gasteiger partial charge >= 0.3 is 0 Å². The van der Waals surface area contributed by atoms with E-state index in [4.69, 9.17) is 4.74 Å². The van der Waals surface area contributed by atoms with Gasteiger partial charge in [-0.15, -0.1) is 0 Å². The highest BCUT2D eigenvalue weighted by Gasteiger charge is 2.21. The second-order valence-electron chi connectivity index (χ2n) is 6.31. The molecule has 1 aliphatic carbocycles. The van der Waals surface area contributed by atoms with Crippen LogP contribution in [0, 0.1) is 5.92 Å². The molecule has 0 bridgehead atoms. The quantitative estimate of drug-likeness (QED) is 0.859. The minimum absolute atomic E-state index is 0.137. The zero-order valence-corrected chi connectivity index (χ0v) is 13.6. The Labute approximate surface area is 137 Å². The average Bonchev–Trinajstić information content (AvgIpc) is 2.59. The molecule has 0 radical (unpaired) electrons. The van der Waals surface area contributed by atoms with Crippen LogP contribution < -0.4 is 5.32 Å². The van der Waals surface area contributed by atoms with Crippen molar-refractivity contribution in [3.05, 3.63) is 42.2 Å². The summed E-state index contributed by atoms with van der Waals surface area (Å²) in [6.07, 6.45) is 6.97. The Morgan fingerprint density at radius 2 is 2.09 bits per heavy atom. The first kappa shape index (κ1) is 15.9. The maximum atomic E-state index is 12.3. The van der Waals surface area contributed by atoms with E-state index in [-0.39, 0.29) is 5.91 Å². The molecule has 1 saturated carbocycles. The molecular weight excluding hydrogens is 288 g/mol. The van der Waals surface area contributed by atoms with E-state index in [2.05, 4.69) is 17.2 Å². The SMILES string of the molecule is CC1CCCCC1OCCNC(=O)c1nccc2ccccc12. The summed E-state index contributed by atoms with van der Waals surface area (Å²) in [5, 5.41) is 4.83. The van der Waals surface area contributed by atoms with Gasteiger partial charge in [-0.05, 0) is 30.2 Å². The summed E-state index contributed by atoms with van der Waals surface area (Å²) in [6, 6.07) is 9.72. The smallest absolute Gasteiger partial charge is 0.270 e. The molecule has 1 amide bonds. The van der Waals surface area contributed by atoms with Gasteiger partial charge in [0.15, 0.2) is 0 Å². The van der Waals surface area contributed by atoms with Crippen molar-refractivity contribution < 1.29 is 9.53 Å². The second-order valence-corrected chi connectivity index (χ2v) is 6.31. The van der Waals surface area contributed by atoms with E-state index in [1.54, 1.807) is 6.20 Å². The zero-order valence-electron chi connectivity index (χ0n) is 13.6. The van der Waals surface area contributed by atoms with Crippen molar-refractivity contribution in [2.24, 2.45) is 5.92 Å². The van der Waals surface area contributed by atoms with Crippen LogP contribution >= 0.6 is 0 Å². The molecule has 23 heavy (non-hydrogen) atoms. The molecule has 1 aliphatic rings. The van der Waals surface area contributed by atoms with E-state index in [1.807, 2.05) is 30.3 Å². The van der Waals surface area contributed by atoms with E-state index in [0.717, 1.165) is 17.2 Å². The van der Waals surface area contributed by atoms with E-state index in [1.165, 1.54) is 19.3 Å². The van der Waals surface area contributed by atoms with Gasteiger partial charge in [-0.1, -0.05) is 44.0 Å². The van der Waals surface area contributed by atoms with Crippen molar-refractivity contribution in [3.8, 4) is 0 Å². The lowest BCUT2D eigenvalue weighted by atomic mass is 9.88. The summed E-state index contributed by atoms with van der Waals surface area (Å²) in [5.41, 5.74) is 0.481. The molecule has 2 unspecified atom stereocenters. The van der Waals surface area contributed by atoms with Crippen LogP contribution in [0.1, 0.15) is 43.1 Å². The largest absolute Gasteiger partial charge is 0.376 e. The third kappa shape index (κ3) is 3.88. The Morgan fingerprint density at radius 1 is 1.26 bits per heavy atom. The van der Waals surface area contributed by atoms with Crippen molar-refractivity contribution in [1.29, 1.82) is 0 Å². The van der Waals surface area contributed by atoms with Crippen LogP contribution in [0.5, 0.6) is 0 Å². The molecule has 122 valence electrons. The van der Waals surface area contributed by atoms with Gasteiger partial charge < -0.3 is 10.1 Å². The Balaban J connectivity index is 1.53. The molecule has 1 N–H and O–H groups in total. The number of aromatic nitrogens is 1. The number of rotatable bonds is 5. The van der Waals surface area contributed by atoms with Crippen LogP contribution in [-0.4, -0.2) is 30.1 Å². The van der Waals surface area contributed by atoms with Crippen LogP contribution in [0.4, 0.5) is 0 Å². The molecule has 4 nitrogen and oxygen atoms in total. The molecule has 1 aromatic carbocycles. The van der Waals surface area contributed by atoms with E-state index >= 15 is 0 Å². The molecule has 2 aromatic rings. The fourth-order valence-corrected chi connectivity index (χ4v) is 3.29. The standard InChI is InChI=1S/C19H24N2O2/c1-14-6-2-5-9-17(14)23-13-12-21-19(22)18-16-8-4-3-7-15(16)10-11-20-18/h3-4,7-8,10-11,14,17H,2,5-6,9,12-13H2,1H3,(H,21,22). The maximum Gasteiger partial charge on any atom is 0.270 e. The first-order valence-corrected chi connectivity index (χ1v) is 8.49. The van der Waals surface area contributed by atoms with Gasteiger partial charge in [-0.3, -0.25) is 9.78 Å². The van der Waals surface area contributed by atoms with Gasteiger partial charge in [0.25, 0.3) is 5.91 Å². The monoisotopic (exact) mass is 312 g/mol. The molecule has 0 spiro atoms. The maximum absolute atomic E-state index is 12.3. The Bertz CT molecular complexity index is 666. The predicted molar refractivity (Wildman–Crippen MR) is 91.4 cm³/mol. The summed E-state index contributed by atoms with van der Waals surface area (Å²) in [5.74, 6) is 0.487. The van der Waals surface area contributed by atoms with Gasteiger partial charge in [0, 0.05) is 18.1 Å². The van der Waals surface area contributed by atoms with Crippen molar-refractivity contribution in [1.82, 2.24) is 10.3 Å². The summed E-state index contributed by atoms with van der Waals surface area (Å²) < 4.78 is 5.93. The lowest BCUT2D eigenvalue weighted by Crippen LogP contribution is -2.32. The number of nitrogens with zero attached hydrogens (tertiary/aromatic N) is 1. The van der Waals surface area contributed by atoms with Gasteiger partial charge in [-0.25, -0.2) is 0 Å². The average molecular weight is 312 g/mol. The lowest BCUT2D eigenvalue weighted by Gasteiger charge is -2.28. The Hall–Kier alpha value is -1.94. The second kappa shape index (κ2) is 7.55. The highest BCUT2D eigenvalue weighted by molar-refractivity contribution is 6.05. The Kier molecular flexibility index (Phi) is 5.23. The zero-order chi connectivity index (χ0) is 16.1. The normalized spacial score (nSPS) is 21.3. The molecule has 2 atom stereocenters. The molecular formula is C19H24N2O2. The number of hydrogen-bond donors (Lipinski definition) is 1. The fraction of sp³-hybridized carbons (Fsp3) is 0.474. The summed E-state index contributed by atoms with van der Waals surface area (Å²) in [6.45, 7) is 3.33. The number of pyridine rings is 1. The van der Waals surface area contributed by atoms with Crippen LogP contribution in [0.15, 0.2) is 36.5 Å². The van der Waals surface area contributed by atoms with Crippen LogP contribution in [-0.2, 0) is 4.74 Å². The van der Waals surface area contributed by atoms with Crippen LogP contribution in [0.3, 0.4) is 0 Å². The number of fused-ring (bicyclic) bond motifs is 1. The number of carbonyl (C=O) groups excluding carboxylic acids is 1. The first-order chi connectivity index (χ1) is 11.3. The molecule has 1 aromatic heterocycles. The number of amides is 1. The van der Waals surface area contributed by atoms with E-state index < -0.39 is 0 Å². The van der Waals surface area contributed by atoms with Gasteiger partial charge in [-0.2, -0.15) is 0 Å². The third-order valence-electron chi connectivity index (χ3n) is 4.64. The highest BCUT2D eigenvalue weighted by Crippen LogP contribution is 2.26. The molecule has 4 heteroatoms. The number of nitrogens with one attached hydrogen (secondary N) is 1. The van der Waals surface area contributed by atoms with E-state index in [9.17, 15) is 4.79 Å². The fourth-order valence-electron chi connectivity index (χ4n) is 3.29. The first-order valence-electron chi connectivity index (χ1n) is 8.49. The van der Waals surface area contributed by atoms with Crippen molar-refractivity contribution in [2.75, 3.05) is 13.2 Å². The number of benzene rings is 1. The topological polar surface area (TPSA) is 51.2 Å². The van der Waals surface area contributed by atoms with Crippen LogP contribution in [0.2, 0.25) is 0 Å². The highest BCUT2D eigenvalue weighted by atomic mass is 16.5. The summed E-state index contributed by atoms with van der Waals surface area (Å²) in [4.78, 5) is 16.6. The molecule has 3 rings (SSSR count). The number of hydrogen-bond acceptors (Lipinski definition) is 3. The van der Waals surface area contributed by atoms with Gasteiger partial charge in [0.1, 0.15) is 5.69 Å². The molecule has 1 heterocycles. The third-order valence-corrected chi connectivity index (χ3v) is 4.64. The summed E-state index contributed by atoms with van der Waals surface area (Å²) >= 11 is 0. The molecule has 1 fully saturated rings. The van der Waals surface area contributed by atoms with Crippen molar-refractivity contribution in [2.45, 2.75) is 38.7 Å². The van der Waals surface area contributed by atoms with Crippen molar-refractivity contribution >= 4 is 16.7 Å². The van der Waals surface area contributed by atoms with Gasteiger partial charge in [0.05, 0.1) is 12.7 Å². The van der Waals surface area contributed by atoms with Gasteiger partial charge in [0.2, 0.25) is 0 Å². The molecule has 0 saturated heterocycles. The lowest BCUT2D eigenvalue weighted by molar-refractivity contribution is -0.00294. The van der Waals surface area contributed by atoms with E-state index in [0.29, 0.717) is 30.9 Å². The van der Waals surface area contributed by atoms with Crippen LogP contribution in [0.25, 0.3) is 10.8 Å². The minimum Gasteiger partial charge on any atom is -0.376 e. The Morgan fingerprint density at radius 3 is 2.96 bits per heavy atom. The predicted octanol–water partition coefficient (Wildman–Crippen LogP) is 3.56. The minimum atomic E-state index is -0.137. The summed E-state index contributed by atoms with van der Waals surface area (Å²) in [7, 11) is 0. The van der Waals surface area contributed by atoms with Crippen molar-refractivity contribution in [3.63, 3.8) is 0 Å².